The van der Waals surface area contributed by atoms with Gasteiger partial charge in [0.1, 0.15) is 12.2 Å². The lowest BCUT2D eigenvalue weighted by Gasteiger charge is -2.43. The Morgan fingerprint density at radius 2 is 1.87 bits per heavy atom. The standard InChI is InChI=1S/C24H31N3O4/c28-15-21-23(30)24(31)22(29)14-27(21)13-17-4-1-3-16(11-17)12-26-19-8-6-18(7-9-19)20-5-2-10-25-20/h1-2,4-11,16,21-26,28-31H,3,12-15H2/t16?,21-,22+,23-,24-/m1/s1. The molecule has 7 heteroatoms. The van der Waals surface area contributed by atoms with Crippen molar-refractivity contribution in [2.75, 3.05) is 31.6 Å². The maximum Gasteiger partial charge on any atom is 0.109 e. The van der Waals surface area contributed by atoms with Crippen LogP contribution in [0.1, 0.15) is 6.42 Å². The van der Waals surface area contributed by atoms with E-state index in [4.69, 9.17) is 0 Å². The molecule has 1 aromatic carbocycles. The summed E-state index contributed by atoms with van der Waals surface area (Å²) in [5.41, 5.74) is 4.39. The van der Waals surface area contributed by atoms with Crippen molar-refractivity contribution in [1.82, 2.24) is 9.88 Å². The number of piperidine rings is 1. The molecule has 1 saturated heterocycles. The lowest BCUT2D eigenvalue weighted by Crippen LogP contribution is -2.62. The fraction of sp³-hybridized carbons (Fsp3) is 0.417. The third kappa shape index (κ3) is 5.08. The van der Waals surface area contributed by atoms with Gasteiger partial charge < -0.3 is 30.7 Å². The second-order valence-electron chi connectivity index (χ2n) is 8.41. The second kappa shape index (κ2) is 9.80. The van der Waals surface area contributed by atoms with E-state index in [9.17, 15) is 20.4 Å². The van der Waals surface area contributed by atoms with Crippen LogP contribution in [-0.4, -0.2) is 80.9 Å². The van der Waals surface area contributed by atoms with E-state index in [0.29, 0.717) is 12.5 Å². The van der Waals surface area contributed by atoms with Crippen molar-refractivity contribution in [3.63, 3.8) is 0 Å². The summed E-state index contributed by atoms with van der Waals surface area (Å²) in [5, 5.41) is 43.3. The molecule has 31 heavy (non-hydrogen) atoms. The molecule has 1 unspecified atom stereocenters. The van der Waals surface area contributed by atoms with Gasteiger partial charge in [-0.2, -0.15) is 0 Å². The average molecular weight is 426 g/mol. The van der Waals surface area contributed by atoms with Crippen LogP contribution in [0.3, 0.4) is 0 Å². The molecule has 0 spiro atoms. The number of nitrogens with one attached hydrogen (secondary N) is 2. The van der Waals surface area contributed by atoms with E-state index in [-0.39, 0.29) is 13.2 Å². The summed E-state index contributed by atoms with van der Waals surface area (Å²) < 4.78 is 0. The highest BCUT2D eigenvalue weighted by molar-refractivity contribution is 5.62. The molecule has 2 aromatic rings. The minimum atomic E-state index is -1.23. The van der Waals surface area contributed by atoms with Gasteiger partial charge in [-0.3, -0.25) is 4.90 Å². The van der Waals surface area contributed by atoms with Crippen LogP contribution in [0.4, 0.5) is 5.69 Å². The number of allylic oxidation sites excluding steroid dienone is 1. The zero-order chi connectivity index (χ0) is 21.8. The van der Waals surface area contributed by atoms with Gasteiger partial charge in [-0.15, -0.1) is 0 Å². The lowest BCUT2D eigenvalue weighted by atomic mass is 9.91. The van der Waals surface area contributed by atoms with E-state index in [0.717, 1.165) is 35.5 Å². The number of benzene rings is 1. The number of hydrogen-bond donors (Lipinski definition) is 6. The molecule has 7 nitrogen and oxygen atoms in total. The third-order valence-electron chi connectivity index (χ3n) is 6.18. The molecular weight excluding hydrogens is 394 g/mol. The highest BCUT2D eigenvalue weighted by Crippen LogP contribution is 2.24. The Kier molecular flexibility index (Phi) is 6.89. The van der Waals surface area contributed by atoms with Crippen molar-refractivity contribution in [2.24, 2.45) is 5.92 Å². The lowest BCUT2D eigenvalue weighted by molar-refractivity contribution is -0.142. The number of rotatable bonds is 7. The topological polar surface area (TPSA) is 112 Å². The summed E-state index contributed by atoms with van der Waals surface area (Å²) in [6.07, 6.45) is 5.81. The van der Waals surface area contributed by atoms with Gasteiger partial charge in [0, 0.05) is 37.2 Å². The molecule has 166 valence electrons. The van der Waals surface area contributed by atoms with E-state index in [1.165, 1.54) is 0 Å². The molecule has 0 saturated carbocycles. The number of aliphatic hydroxyl groups excluding tert-OH is 4. The number of H-pyrrole nitrogens is 1. The van der Waals surface area contributed by atoms with Crippen molar-refractivity contribution in [3.05, 3.63) is 66.4 Å². The maximum absolute atomic E-state index is 10.2. The summed E-state index contributed by atoms with van der Waals surface area (Å²) in [4.78, 5) is 5.05. The molecule has 0 amide bonds. The predicted octanol–water partition coefficient (Wildman–Crippen LogP) is 1.36. The Balaban J connectivity index is 1.34. The SMILES string of the molecule is OC[C@@H]1[C@@H](O)[C@H](O)[C@@H](O)CN1CC1=CC(CNc2ccc(-c3ccc[nH]3)cc2)CC=C1. The molecule has 4 rings (SSSR count). The smallest absolute Gasteiger partial charge is 0.109 e. The van der Waals surface area contributed by atoms with Crippen molar-refractivity contribution >= 4 is 5.69 Å². The quantitative estimate of drug-likeness (QED) is 0.400. The van der Waals surface area contributed by atoms with E-state index >= 15 is 0 Å². The first-order chi connectivity index (χ1) is 15.0. The van der Waals surface area contributed by atoms with E-state index < -0.39 is 24.4 Å². The molecule has 5 atom stereocenters. The van der Waals surface area contributed by atoms with Gasteiger partial charge >= 0.3 is 0 Å². The van der Waals surface area contributed by atoms with Gasteiger partial charge in [0.2, 0.25) is 0 Å². The molecule has 0 radical (unpaired) electrons. The fourth-order valence-corrected chi connectivity index (χ4v) is 4.39. The van der Waals surface area contributed by atoms with Crippen molar-refractivity contribution in [2.45, 2.75) is 30.8 Å². The van der Waals surface area contributed by atoms with Crippen LogP contribution in [0.25, 0.3) is 11.3 Å². The summed E-state index contributed by atoms with van der Waals surface area (Å²) >= 11 is 0. The Morgan fingerprint density at radius 1 is 1.06 bits per heavy atom. The van der Waals surface area contributed by atoms with E-state index in [2.05, 4.69) is 52.8 Å². The minimum Gasteiger partial charge on any atom is -0.395 e. The molecule has 1 fully saturated rings. The van der Waals surface area contributed by atoms with Crippen LogP contribution in [0.2, 0.25) is 0 Å². The van der Waals surface area contributed by atoms with Gasteiger partial charge in [0.15, 0.2) is 0 Å². The molecule has 1 aliphatic carbocycles. The van der Waals surface area contributed by atoms with Gasteiger partial charge in [-0.05, 0) is 47.7 Å². The Bertz CT molecular complexity index is 894. The highest BCUT2D eigenvalue weighted by atomic mass is 16.4. The first-order valence-corrected chi connectivity index (χ1v) is 10.8. The molecule has 2 aliphatic rings. The van der Waals surface area contributed by atoms with Crippen LogP contribution in [0.5, 0.6) is 0 Å². The molecule has 2 heterocycles. The average Bonchev–Trinajstić information content (AvgIpc) is 3.32. The van der Waals surface area contributed by atoms with Crippen molar-refractivity contribution < 1.29 is 20.4 Å². The fourth-order valence-electron chi connectivity index (χ4n) is 4.39. The second-order valence-corrected chi connectivity index (χ2v) is 8.41. The van der Waals surface area contributed by atoms with E-state index in [1.807, 2.05) is 23.2 Å². The normalized spacial score (nSPS) is 29.0. The van der Waals surface area contributed by atoms with Crippen molar-refractivity contribution in [3.8, 4) is 11.3 Å². The van der Waals surface area contributed by atoms with Crippen LogP contribution < -0.4 is 5.32 Å². The number of β-amino-alcohol motifs (C(OH)–C–C–N with tert-alkyl or cyclic N) is 1. The van der Waals surface area contributed by atoms with Gasteiger partial charge in [-0.25, -0.2) is 0 Å². The summed E-state index contributed by atoms with van der Waals surface area (Å²) in [7, 11) is 0. The number of aliphatic hydroxyl groups is 4. The van der Waals surface area contributed by atoms with Crippen LogP contribution in [-0.2, 0) is 0 Å². The number of likely N-dealkylation sites (tertiary alicyclic amines) is 1. The zero-order valence-corrected chi connectivity index (χ0v) is 17.4. The third-order valence-corrected chi connectivity index (χ3v) is 6.18. The Labute approximate surface area is 182 Å². The Morgan fingerprint density at radius 3 is 2.58 bits per heavy atom. The summed E-state index contributed by atoms with van der Waals surface area (Å²) in [6.45, 7) is 1.24. The molecule has 0 bridgehead atoms. The van der Waals surface area contributed by atoms with Crippen LogP contribution in [0, 0.1) is 5.92 Å². The largest absolute Gasteiger partial charge is 0.395 e. The monoisotopic (exact) mass is 425 g/mol. The first-order valence-electron chi connectivity index (χ1n) is 10.8. The van der Waals surface area contributed by atoms with E-state index in [1.54, 1.807) is 0 Å². The first kappa shape index (κ1) is 21.8. The van der Waals surface area contributed by atoms with Gasteiger partial charge in [0.25, 0.3) is 0 Å². The molecule has 1 aromatic heterocycles. The van der Waals surface area contributed by atoms with Gasteiger partial charge in [-0.1, -0.05) is 30.4 Å². The summed E-state index contributed by atoms with van der Waals surface area (Å²) in [6, 6.07) is 11.8. The molecule has 1 aliphatic heterocycles. The Hall–Kier alpha value is -2.42. The molecular formula is C24H31N3O4. The number of nitrogens with zero attached hydrogens (tertiary/aromatic N) is 1. The van der Waals surface area contributed by atoms with Crippen molar-refractivity contribution in [1.29, 1.82) is 0 Å². The zero-order valence-electron chi connectivity index (χ0n) is 17.4. The number of aromatic amines is 1. The number of hydrogen-bond acceptors (Lipinski definition) is 6. The number of aromatic nitrogens is 1. The summed E-state index contributed by atoms with van der Waals surface area (Å²) in [5.74, 6) is 0.320. The number of anilines is 1. The molecule has 6 N–H and O–H groups in total. The van der Waals surface area contributed by atoms with Crippen LogP contribution >= 0.6 is 0 Å². The predicted molar refractivity (Wildman–Crippen MR) is 121 cm³/mol. The minimum absolute atomic E-state index is 0.213. The van der Waals surface area contributed by atoms with Gasteiger partial charge in [0.05, 0.1) is 18.8 Å². The highest BCUT2D eigenvalue weighted by Gasteiger charge is 2.41. The van der Waals surface area contributed by atoms with Crippen LogP contribution in [0.15, 0.2) is 66.4 Å². The maximum atomic E-state index is 10.2.